The summed E-state index contributed by atoms with van der Waals surface area (Å²) in [6, 6.07) is 14.4. The van der Waals surface area contributed by atoms with Crippen molar-refractivity contribution in [3.05, 3.63) is 68.7 Å². The molecule has 3 heteroatoms. The van der Waals surface area contributed by atoms with Gasteiger partial charge in [0.15, 0.2) is 0 Å². The summed E-state index contributed by atoms with van der Waals surface area (Å²) in [5, 5.41) is 4.11. The lowest BCUT2D eigenvalue weighted by molar-refractivity contribution is 0.687. The number of rotatable bonds is 3. The molecule has 0 bridgehead atoms. The fourth-order valence-corrected chi connectivity index (χ4v) is 2.71. The van der Waals surface area contributed by atoms with Crippen LogP contribution in [0.1, 0.15) is 22.7 Å². The van der Waals surface area contributed by atoms with Crippen LogP contribution in [0.4, 0.5) is 0 Å². The molecule has 0 aliphatic heterocycles. The molecule has 2 aromatic carbocycles. The third-order valence-corrected chi connectivity index (χ3v) is 4.19. The van der Waals surface area contributed by atoms with Crippen molar-refractivity contribution in [1.29, 1.82) is 0 Å². The zero-order valence-corrected chi connectivity index (χ0v) is 12.7. The Morgan fingerprint density at radius 3 is 2.56 bits per heavy atom. The third kappa shape index (κ3) is 2.77. The Balaban J connectivity index is 2.49. The molecule has 0 saturated carbocycles. The van der Waals surface area contributed by atoms with Gasteiger partial charge in [-0.05, 0) is 48.9 Å². The van der Waals surface area contributed by atoms with Crippen molar-refractivity contribution >= 4 is 27.5 Å². The van der Waals surface area contributed by atoms with E-state index in [-0.39, 0.29) is 6.04 Å². The Bertz CT molecular complexity index is 554. The van der Waals surface area contributed by atoms with E-state index < -0.39 is 0 Å². The molecule has 2 aromatic rings. The van der Waals surface area contributed by atoms with E-state index in [1.54, 1.807) is 0 Å². The molecule has 1 unspecified atom stereocenters. The van der Waals surface area contributed by atoms with Crippen molar-refractivity contribution in [2.75, 3.05) is 7.05 Å². The molecular weight excluding hydrogens is 310 g/mol. The minimum Gasteiger partial charge on any atom is -0.309 e. The smallest absolute Gasteiger partial charge is 0.0577 e. The van der Waals surface area contributed by atoms with E-state index in [9.17, 15) is 0 Å². The number of hydrogen-bond donors (Lipinski definition) is 1. The molecule has 0 saturated heterocycles. The molecule has 0 aliphatic rings. The summed E-state index contributed by atoms with van der Waals surface area (Å²) in [5.74, 6) is 0. The standard InChI is InChI=1S/C15H15BrClN/c1-10-13(7-4-8-14(10)16)15(18-2)11-5-3-6-12(17)9-11/h3-9,15,18H,1-2H3. The summed E-state index contributed by atoms with van der Waals surface area (Å²) in [4.78, 5) is 0. The summed E-state index contributed by atoms with van der Waals surface area (Å²) >= 11 is 9.64. The number of hydrogen-bond acceptors (Lipinski definition) is 1. The van der Waals surface area contributed by atoms with Gasteiger partial charge in [-0.1, -0.05) is 51.8 Å². The molecule has 0 aliphatic carbocycles. The quantitative estimate of drug-likeness (QED) is 0.861. The van der Waals surface area contributed by atoms with Crippen molar-refractivity contribution in [3.8, 4) is 0 Å². The fraction of sp³-hybridized carbons (Fsp3) is 0.200. The Hall–Kier alpha value is -0.830. The Morgan fingerprint density at radius 1 is 1.17 bits per heavy atom. The van der Waals surface area contributed by atoms with Gasteiger partial charge < -0.3 is 5.32 Å². The van der Waals surface area contributed by atoms with Crippen molar-refractivity contribution in [2.45, 2.75) is 13.0 Å². The molecule has 0 spiro atoms. The first-order valence-corrected chi connectivity index (χ1v) is 6.98. The molecule has 18 heavy (non-hydrogen) atoms. The van der Waals surface area contributed by atoms with E-state index in [1.807, 2.05) is 25.2 Å². The van der Waals surface area contributed by atoms with Crippen molar-refractivity contribution in [1.82, 2.24) is 5.32 Å². The second-order valence-electron chi connectivity index (χ2n) is 4.23. The monoisotopic (exact) mass is 323 g/mol. The van der Waals surface area contributed by atoms with Crippen molar-refractivity contribution in [3.63, 3.8) is 0 Å². The number of halogens is 2. The third-order valence-electron chi connectivity index (χ3n) is 3.09. The predicted octanol–water partition coefficient (Wildman–Crippen LogP) is 4.72. The van der Waals surface area contributed by atoms with Crippen LogP contribution in [0.5, 0.6) is 0 Å². The van der Waals surface area contributed by atoms with E-state index in [1.165, 1.54) is 16.7 Å². The highest BCUT2D eigenvalue weighted by Crippen LogP contribution is 2.29. The molecule has 0 aromatic heterocycles. The van der Waals surface area contributed by atoms with Gasteiger partial charge in [-0.2, -0.15) is 0 Å². The summed E-state index contributed by atoms with van der Waals surface area (Å²) in [5.41, 5.74) is 3.68. The maximum Gasteiger partial charge on any atom is 0.0577 e. The van der Waals surface area contributed by atoms with Crippen LogP contribution in [0.2, 0.25) is 5.02 Å². The Morgan fingerprint density at radius 2 is 1.89 bits per heavy atom. The minimum absolute atomic E-state index is 0.154. The SMILES string of the molecule is CNC(c1cccc(Cl)c1)c1cccc(Br)c1C. The van der Waals surface area contributed by atoms with Gasteiger partial charge in [0, 0.05) is 9.50 Å². The molecule has 1 N–H and O–H groups in total. The summed E-state index contributed by atoms with van der Waals surface area (Å²) in [6.07, 6.45) is 0. The van der Waals surface area contributed by atoms with Crippen molar-refractivity contribution in [2.24, 2.45) is 0 Å². The van der Waals surface area contributed by atoms with E-state index in [0.29, 0.717) is 0 Å². The average Bonchev–Trinajstić information content (AvgIpc) is 2.35. The van der Waals surface area contributed by atoms with Gasteiger partial charge in [0.05, 0.1) is 6.04 Å². The van der Waals surface area contributed by atoms with Crippen LogP contribution in [0.15, 0.2) is 46.9 Å². The van der Waals surface area contributed by atoms with Crippen LogP contribution >= 0.6 is 27.5 Å². The molecular formula is C15H15BrClN. The summed E-state index contributed by atoms with van der Waals surface area (Å²) in [6.45, 7) is 2.12. The molecule has 0 fully saturated rings. The minimum atomic E-state index is 0.154. The average molecular weight is 325 g/mol. The van der Waals surface area contributed by atoms with Gasteiger partial charge >= 0.3 is 0 Å². The first-order valence-electron chi connectivity index (χ1n) is 5.81. The highest BCUT2D eigenvalue weighted by atomic mass is 79.9. The normalized spacial score (nSPS) is 12.4. The highest BCUT2D eigenvalue weighted by Gasteiger charge is 2.15. The van der Waals surface area contributed by atoms with Gasteiger partial charge in [0.25, 0.3) is 0 Å². The van der Waals surface area contributed by atoms with Crippen LogP contribution in [0, 0.1) is 6.92 Å². The topological polar surface area (TPSA) is 12.0 Å². The molecule has 2 rings (SSSR count). The number of nitrogens with one attached hydrogen (secondary N) is 1. The van der Waals surface area contributed by atoms with Crippen LogP contribution in [0.25, 0.3) is 0 Å². The lowest BCUT2D eigenvalue weighted by Crippen LogP contribution is -2.18. The van der Waals surface area contributed by atoms with Crippen LogP contribution in [0.3, 0.4) is 0 Å². The van der Waals surface area contributed by atoms with E-state index in [4.69, 9.17) is 11.6 Å². The maximum absolute atomic E-state index is 6.07. The van der Waals surface area contributed by atoms with Gasteiger partial charge in [0.2, 0.25) is 0 Å². The van der Waals surface area contributed by atoms with Gasteiger partial charge in [-0.3, -0.25) is 0 Å². The molecule has 0 amide bonds. The zero-order chi connectivity index (χ0) is 13.1. The van der Waals surface area contributed by atoms with Crippen LogP contribution in [-0.4, -0.2) is 7.05 Å². The first-order chi connectivity index (χ1) is 8.63. The van der Waals surface area contributed by atoms with Crippen LogP contribution < -0.4 is 5.32 Å². The summed E-state index contributed by atoms with van der Waals surface area (Å²) in [7, 11) is 1.96. The second kappa shape index (κ2) is 5.87. The predicted molar refractivity (Wildman–Crippen MR) is 81.2 cm³/mol. The Labute approximate surface area is 121 Å². The van der Waals surface area contributed by atoms with Crippen LogP contribution in [-0.2, 0) is 0 Å². The molecule has 1 nitrogen and oxygen atoms in total. The van der Waals surface area contributed by atoms with Gasteiger partial charge in [-0.15, -0.1) is 0 Å². The molecule has 1 atom stereocenters. The van der Waals surface area contributed by atoms with Gasteiger partial charge in [0.1, 0.15) is 0 Å². The second-order valence-corrected chi connectivity index (χ2v) is 5.52. The van der Waals surface area contributed by atoms with E-state index >= 15 is 0 Å². The number of benzene rings is 2. The van der Waals surface area contributed by atoms with E-state index in [2.05, 4.69) is 52.4 Å². The van der Waals surface area contributed by atoms with E-state index in [0.717, 1.165) is 9.50 Å². The molecule has 0 radical (unpaired) electrons. The molecule has 94 valence electrons. The Kier molecular flexibility index (Phi) is 4.44. The molecule has 0 heterocycles. The lowest BCUT2D eigenvalue weighted by Gasteiger charge is -2.20. The largest absolute Gasteiger partial charge is 0.309 e. The zero-order valence-electron chi connectivity index (χ0n) is 10.4. The lowest BCUT2D eigenvalue weighted by atomic mass is 9.95. The fourth-order valence-electron chi connectivity index (χ4n) is 2.12. The highest BCUT2D eigenvalue weighted by molar-refractivity contribution is 9.10. The summed E-state index contributed by atoms with van der Waals surface area (Å²) < 4.78 is 1.13. The maximum atomic E-state index is 6.07. The van der Waals surface area contributed by atoms with Gasteiger partial charge in [-0.25, -0.2) is 0 Å². The van der Waals surface area contributed by atoms with Crippen molar-refractivity contribution < 1.29 is 0 Å². The first kappa shape index (κ1) is 13.6.